The van der Waals surface area contributed by atoms with E-state index >= 15 is 0 Å². The van der Waals surface area contributed by atoms with Crippen molar-refractivity contribution < 1.29 is 63.3 Å². The van der Waals surface area contributed by atoms with Crippen molar-refractivity contribution in [1.82, 2.24) is 30.6 Å². The molecule has 6 rings (SSSR count). The number of benzene rings is 2. The number of rotatable bonds is 18. The minimum absolute atomic E-state index is 0. The van der Waals surface area contributed by atoms with E-state index in [0.717, 1.165) is 0 Å². The predicted octanol–water partition coefficient (Wildman–Crippen LogP) is 0.478. The number of anilines is 6. The summed E-state index contributed by atoms with van der Waals surface area (Å²) in [6.07, 6.45) is -1.20. The molecule has 2 atom stereocenters. The first-order chi connectivity index (χ1) is 30.4. The standard InChI is InChI=1S/2C19H21N7O6.3FH/c2*20-19-25-15-14(17(30)26-19)23-11(8-22-15)7-21-10-3-1-9(2-4-10)16(29)24-12(18(31)32)5-6-13(27)28;;;/h2*1-4,12,21H,5-8H2,(H,24,29)(H,27,28)(H,31,32)(H4,20,22,25,26,30);3*1H. The topological polar surface area (TPSA) is 424 Å². The third-order valence-corrected chi connectivity index (χ3v) is 9.07. The molecule has 0 spiro atoms. The molecule has 0 bridgehead atoms. The van der Waals surface area contributed by atoms with Crippen molar-refractivity contribution in [2.45, 2.75) is 37.8 Å². The number of carbonyl (C=O) groups excluding carboxylic acids is 2. The maximum absolute atomic E-state index is 12.3. The van der Waals surface area contributed by atoms with Crippen LogP contribution in [-0.4, -0.2) is 126 Å². The molecule has 67 heavy (non-hydrogen) atoms. The van der Waals surface area contributed by atoms with Gasteiger partial charge in [-0.1, -0.05) is 0 Å². The van der Waals surface area contributed by atoms with Crippen LogP contribution in [0.4, 0.5) is 60.4 Å². The van der Waals surface area contributed by atoms with E-state index in [1.54, 1.807) is 24.3 Å². The van der Waals surface area contributed by atoms with Crippen molar-refractivity contribution in [2.75, 3.05) is 58.9 Å². The number of carboxylic acids is 4. The van der Waals surface area contributed by atoms with Gasteiger partial charge in [-0.15, -0.1) is 0 Å². The lowest BCUT2D eigenvalue weighted by molar-refractivity contribution is -0.142. The van der Waals surface area contributed by atoms with E-state index in [2.05, 4.69) is 61.8 Å². The number of fused-ring (bicyclic) bond motifs is 2. The molecule has 16 N–H and O–H groups in total. The summed E-state index contributed by atoms with van der Waals surface area (Å²) < 4.78 is 0. The van der Waals surface area contributed by atoms with Crippen LogP contribution < -0.4 is 54.5 Å². The summed E-state index contributed by atoms with van der Waals surface area (Å²) in [6, 6.07) is 9.91. The molecule has 0 saturated carbocycles. The molecule has 2 aliphatic rings. The summed E-state index contributed by atoms with van der Waals surface area (Å²) >= 11 is 0. The molecule has 0 fully saturated rings. The molecule has 2 aromatic heterocycles. The number of nitrogen functional groups attached to an aromatic ring is 2. The third-order valence-electron chi connectivity index (χ3n) is 9.07. The van der Waals surface area contributed by atoms with E-state index in [-0.39, 0.29) is 74.2 Å². The van der Waals surface area contributed by atoms with Gasteiger partial charge in [0.1, 0.15) is 12.1 Å². The Labute approximate surface area is 373 Å². The Bertz CT molecular complexity index is 2450. The average molecular weight is 947 g/mol. The van der Waals surface area contributed by atoms with Crippen molar-refractivity contribution in [1.29, 1.82) is 0 Å². The van der Waals surface area contributed by atoms with Crippen LogP contribution >= 0.6 is 0 Å². The minimum Gasteiger partial charge on any atom is -0.481 e. The first kappa shape index (κ1) is 54.1. The van der Waals surface area contributed by atoms with Gasteiger partial charge in [0, 0.05) is 35.3 Å². The van der Waals surface area contributed by atoms with Crippen molar-refractivity contribution in [3.63, 3.8) is 0 Å². The average Bonchev–Trinajstić information content (AvgIpc) is 3.25. The number of H-pyrrole nitrogens is 2. The first-order valence-electron chi connectivity index (χ1n) is 19.0. The number of hydrogen-bond acceptors (Lipinski definition) is 18. The van der Waals surface area contributed by atoms with Gasteiger partial charge in [-0.2, -0.15) is 9.97 Å². The van der Waals surface area contributed by atoms with Gasteiger partial charge in [0.2, 0.25) is 11.9 Å². The predicted molar refractivity (Wildman–Crippen MR) is 239 cm³/mol. The lowest BCUT2D eigenvalue weighted by Crippen LogP contribution is -2.41. The molecular formula is C38H45F3N14O12. The first-order valence-corrected chi connectivity index (χ1v) is 19.0. The molecule has 4 aromatic rings. The number of aromatic nitrogens is 4. The van der Waals surface area contributed by atoms with E-state index in [9.17, 15) is 38.4 Å². The van der Waals surface area contributed by atoms with Gasteiger partial charge in [-0.3, -0.25) is 52.8 Å². The Balaban J connectivity index is 0.000000440. The highest BCUT2D eigenvalue weighted by Crippen LogP contribution is 2.23. The molecule has 0 radical (unpaired) electrons. The number of nitrogens with two attached hydrogens (primary N) is 2. The van der Waals surface area contributed by atoms with Gasteiger partial charge in [0.25, 0.3) is 22.9 Å². The van der Waals surface area contributed by atoms with Crippen LogP contribution in [-0.2, 0) is 19.2 Å². The van der Waals surface area contributed by atoms with E-state index in [1.807, 2.05) is 0 Å². The number of hydrogen-bond donors (Lipinski definition) is 14. The number of halogens is 3. The van der Waals surface area contributed by atoms with E-state index in [1.165, 1.54) is 24.3 Å². The van der Waals surface area contributed by atoms with Gasteiger partial charge in [-0.05, 0) is 61.4 Å². The van der Waals surface area contributed by atoms with Crippen molar-refractivity contribution >= 4 is 93.4 Å². The Kier molecular flexibility index (Phi) is 19.9. The molecule has 360 valence electrons. The summed E-state index contributed by atoms with van der Waals surface area (Å²) in [7, 11) is 0. The van der Waals surface area contributed by atoms with Crippen molar-refractivity contribution in [3.05, 3.63) is 80.4 Å². The second-order valence-electron chi connectivity index (χ2n) is 13.8. The fourth-order valence-electron chi connectivity index (χ4n) is 5.81. The maximum Gasteiger partial charge on any atom is 0.326 e. The number of aliphatic imine (C=N–C) groups is 2. The zero-order valence-electron chi connectivity index (χ0n) is 34.7. The molecular weight excluding hydrogens is 901 g/mol. The van der Waals surface area contributed by atoms with Crippen molar-refractivity contribution in [3.8, 4) is 0 Å². The summed E-state index contributed by atoms with van der Waals surface area (Å²) in [6.45, 7) is 1.36. The molecule has 29 heteroatoms. The van der Waals surface area contributed by atoms with Crippen LogP contribution in [0.3, 0.4) is 0 Å². The van der Waals surface area contributed by atoms with Gasteiger partial charge in [-0.25, -0.2) is 19.6 Å². The summed E-state index contributed by atoms with van der Waals surface area (Å²) in [5.41, 5.74) is 13.5. The zero-order valence-corrected chi connectivity index (χ0v) is 34.7. The van der Waals surface area contributed by atoms with E-state index in [4.69, 9.17) is 31.9 Å². The fraction of sp³-hybridized carbons (Fsp3) is 0.263. The molecule has 4 heterocycles. The fourth-order valence-corrected chi connectivity index (χ4v) is 5.81. The van der Waals surface area contributed by atoms with Crippen LogP contribution in [0.15, 0.2) is 68.1 Å². The Hall–Kier alpha value is -9.05. The van der Waals surface area contributed by atoms with Gasteiger partial charge >= 0.3 is 23.9 Å². The molecule has 26 nitrogen and oxygen atoms in total. The number of nitrogens with one attached hydrogen (secondary N) is 8. The molecule has 0 aliphatic carbocycles. The number of carboxylic acid groups (broad SMARTS) is 4. The summed E-state index contributed by atoms with van der Waals surface area (Å²) in [4.78, 5) is 113. The van der Waals surface area contributed by atoms with Crippen LogP contribution in [0.5, 0.6) is 0 Å². The quantitative estimate of drug-likeness (QED) is 0.0645. The van der Waals surface area contributed by atoms with Gasteiger partial charge in [0.15, 0.2) is 23.0 Å². The highest BCUT2D eigenvalue weighted by atomic mass is 19.0. The highest BCUT2D eigenvalue weighted by Gasteiger charge is 2.24. The second-order valence-corrected chi connectivity index (χ2v) is 13.8. The lowest BCUT2D eigenvalue weighted by Gasteiger charge is -2.17. The minimum atomic E-state index is -1.31. The third kappa shape index (κ3) is 15.6. The number of nitrogens with zero attached hydrogens (tertiary/aromatic N) is 4. The number of aromatic amines is 2. The number of aliphatic carboxylic acids is 4. The van der Waals surface area contributed by atoms with Crippen LogP contribution in [0.2, 0.25) is 0 Å². The monoisotopic (exact) mass is 946 g/mol. The molecule has 2 unspecified atom stereocenters. The maximum atomic E-state index is 12.3. The van der Waals surface area contributed by atoms with Crippen LogP contribution in [0, 0.1) is 0 Å². The van der Waals surface area contributed by atoms with E-state index < -0.39 is 58.9 Å². The largest absolute Gasteiger partial charge is 0.481 e. The molecule has 2 amide bonds. The normalized spacial score (nSPS) is 12.6. The lowest BCUT2D eigenvalue weighted by atomic mass is 10.1. The molecule has 0 saturated heterocycles. The molecule has 2 aromatic carbocycles. The van der Waals surface area contributed by atoms with E-state index in [0.29, 0.717) is 60.6 Å². The number of amides is 2. The number of carbonyl (C=O) groups is 6. The Morgan fingerprint density at radius 1 is 0.582 bits per heavy atom. The molecule has 2 aliphatic heterocycles. The Morgan fingerprint density at radius 2 is 0.925 bits per heavy atom. The van der Waals surface area contributed by atoms with Gasteiger partial charge < -0.3 is 63.8 Å². The zero-order chi connectivity index (χ0) is 46.5. The summed E-state index contributed by atoms with van der Waals surface area (Å²) in [5, 5.41) is 52.5. The summed E-state index contributed by atoms with van der Waals surface area (Å²) in [5.74, 6) is -5.54. The second kappa shape index (κ2) is 24.7. The Morgan fingerprint density at radius 3 is 1.24 bits per heavy atom. The SMILES string of the molecule is F.F.F.Nc1nc2c(c(=O)[nH]1)N=C(CNc1ccc(C(=O)NC(CCC(=O)O)C(=O)O)cc1)CN2.Nc1nc2c(c(=O)[nH]1)N=C(CNc1ccc(C(=O)NC(CCC(=O)O)C(=O)O)cc1)CN2. The van der Waals surface area contributed by atoms with Crippen LogP contribution in [0.25, 0.3) is 0 Å². The van der Waals surface area contributed by atoms with Gasteiger partial charge in [0.05, 0.1) is 37.6 Å². The highest BCUT2D eigenvalue weighted by molar-refractivity contribution is 6.00. The van der Waals surface area contributed by atoms with Crippen LogP contribution in [0.1, 0.15) is 46.4 Å². The smallest absolute Gasteiger partial charge is 0.326 e. The van der Waals surface area contributed by atoms with Crippen molar-refractivity contribution in [2.24, 2.45) is 9.98 Å².